The van der Waals surface area contributed by atoms with E-state index in [1.54, 1.807) is 30.3 Å². The highest BCUT2D eigenvalue weighted by Crippen LogP contribution is 2.25. The molecule has 0 aliphatic rings. The minimum absolute atomic E-state index is 0.161. The molecular weight excluding hydrogens is 369 g/mol. The Labute approximate surface area is 150 Å². The summed E-state index contributed by atoms with van der Waals surface area (Å²) in [5, 5.41) is -0.303. The summed E-state index contributed by atoms with van der Waals surface area (Å²) in [6, 6.07) is 10.6. The van der Waals surface area contributed by atoms with E-state index in [2.05, 4.69) is 0 Å². The van der Waals surface area contributed by atoms with Crippen molar-refractivity contribution in [2.45, 2.75) is 16.9 Å². The molecule has 8 heteroatoms. The van der Waals surface area contributed by atoms with Gasteiger partial charge in [-0.2, -0.15) is 0 Å². The third-order valence-electron chi connectivity index (χ3n) is 3.70. The fourth-order valence-electron chi connectivity index (χ4n) is 2.46. The predicted octanol–water partition coefficient (Wildman–Crippen LogP) is 2.54. The zero-order chi connectivity index (χ0) is 18.6. The molecule has 25 heavy (non-hydrogen) atoms. The van der Waals surface area contributed by atoms with Gasteiger partial charge in [-0.15, -0.1) is 0 Å². The van der Waals surface area contributed by atoms with Crippen molar-refractivity contribution in [2.24, 2.45) is 5.73 Å². The second-order valence-corrected chi connectivity index (χ2v) is 7.87. The van der Waals surface area contributed by atoms with Gasteiger partial charge in [0.05, 0.1) is 28.7 Å². The minimum atomic E-state index is -3.88. The molecule has 2 atom stereocenters. The maximum Gasteiger partial charge on any atom is 0.314 e. The number of halogens is 2. The zero-order valence-corrected chi connectivity index (χ0v) is 14.9. The van der Waals surface area contributed by atoms with Crippen molar-refractivity contribution in [3.63, 3.8) is 0 Å². The van der Waals surface area contributed by atoms with Crippen LogP contribution in [0.25, 0.3) is 0 Å². The van der Waals surface area contributed by atoms with Crippen LogP contribution in [-0.2, 0) is 19.4 Å². The number of ether oxygens (including phenoxy) is 1. The maximum atomic E-state index is 13.2. The van der Waals surface area contributed by atoms with Crippen molar-refractivity contribution >= 4 is 27.4 Å². The van der Waals surface area contributed by atoms with Crippen molar-refractivity contribution in [2.75, 3.05) is 12.9 Å². The van der Waals surface area contributed by atoms with E-state index in [1.807, 2.05) is 0 Å². The van der Waals surface area contributed by atoms with Crippen molar-refractivity contribution in [3.8, 4) is 0 Å². The molecule has 0 aliphatic carbocycles. The standard InChI is InChI=1S/C17H17ClFNO4S/c1-24-17(21)16(11-5-3-2-4-6-11)15(20)10-25(22,23)12-7-8-14(19)13(18)9-12/h2-9,15-16H,10,20H2,1H3. The number of hydrogen-bond acceptors (Lipinski definition) is 5. The second kappa shape index (κ2) is 7.95. The Hall–Kier alpha value is -1.96. The van der Waals surface area contributed by atoms with E-state index < -0.39 is 39.3 Å². The molecule has 0 aliphatic heterocycles. The van der Waals surface area contributed by atoms with Crippen LogP contribution in [0.15, 0.2) is 53.4 Å². The summed E-state index contributed by atoms with van der Waals surface area (Å²) in [7, 11) is -2.67. The Morgan fingerprint density at radius 1 is 1.24 bits per heavy atom. The lowest BCUT2D eigenvalue weighted by Crippen LogP contribution is -2.40. The van der Waals surface area contributed by atoms with Crippen molar-refractivity contribution in [1.29, 1.82) is 0 Å². The molecule has 0 saturated heterocycles. The van der Waals surface area contributed by atoms with Gasteiger partial charge >= 0.3 is 5.97 Å². The lowest BCUT2D eigenvalue weighted by molar-refractivity contribution is -0.142. The summed E-state index contributed by atoms with van der Waals surface area (Å²) in [6.45, 7) is 0. The summed E-state index contributed by atoms with van der Waals surface area (Å²) in [5.41, 5.74) is 6.58. The maximum absolute atomic E-state index is 13.2. The Bertz CT molecular complexity index is 858. The van der Waals surface area contributed by atoms with Gasteiger partial charge in [0.25, 0.3) is 0 Å². The molecule has 2 aromatic carbocycles. The first-order valence-electron chi connectivity index (χ1n) is 7.32. The van der Waals surface area contributed by atoms with Gasteiger partial charge in [0, 0.05) is 6.04 Å². The molecule has 0 aromatic heterocycles. The fourth-order valence-corrected chi connectivity index (χ4v) is 4.17. The summed E-state index contributed by atoms with van der Waals surface area (Å²) >= 11 is 5.64. The largest absolute Gasteiger partial charge is 0.469 e. The topological polar surface area (TPSA) is 86.5 Å². The number of esters is 1. The number of carbonyl (C=O) groups excluding carboxylic acids is 1. The molecule has 2 aromatic rings. The number of benzene rings is 2. The number of sulfone groups is 1. The fraction of sp³-hybridized carbons (Fsp3) is 0.235. The number of carbonyl (C=O) groups is 1. The van der Waals surface area contributed by atoms with E-state index in [9.17, 15) is 17.6 Å². The van der Waals surface area contributed by atoms with Crippen molar-refractivity contribution in [3.05, 3.63) is 64.9 Å². The van der Waals surface area contributed by atoms with Crippen LogP contribution >= 0.6 is 11.6 Å². The molecule has 2 N–H and O–H groups in total. The number of rotatable bonds is 6. The Balaban J connectivity index is 2.32. The highest BCUT2D eigenvalue weighted by Gasteiger charge is 2.32. The predicted molar refractivity (Wildman–Crippen MR) is 92.6 cm³/mol. The Morgan fingerprint density at radius 3 is 2.44 bits per heavy atom. The van der Waals surface area contributed by atoms with E-state index in [-0.39, 0.29) is 9.92 Å². The molecule has 0 bridgehead atoms. The van der Waals surface area contributed by atoms with E-state index in [1.165, 1.54) is 7.11 Å². The van der Waals surface area contributed by atoms with Crippen LogP contribution in [0.1, 0.15) is 11.5 Å². The van der Waals surface area contributed by atoms with Crippen LogP contribution in [0.2, 0.25) is 5.02 Å². The molecule has 2 rings (SSSR count). The van der Waals surface area contributed by atoms with Gasteiger partial charge in [-0.25, -0.2) is 12.8 Å². The first kappa shape index (κ1) is 19.4. The quantitative estimate of drug-likeness (QED) is 0.610. The number of methoxy groups -OCH3 is 1. The summed E-state index contributed by atoms with van der Waals surface area (Å²) in [4.78, 5) is 11.9. The van der Waals surface area contributed by atoms with Gasteiger partial charge in [-0.3, -0.25) is 4.79 Å². The van der Waals surface area contributed by atoms with Gasteiger partial charge in [0.2, 0.25) is 0 Å². The molecule has 0 saturated carbocycles. The Kier molecular flexibility index (Phi) is 6.16. The third kappa shape index (κ3) is 4.56. The van der Waals surface area contributed by atoms with Crippen LogP contribution in [0, 0.1) is 5.82 Å². The van der Waals surface area contributed by atoms with E-state index in [0.717, 1.165) is 18.2 Å². The molecule has 5 nitrogen and oxygen atoms in total. The number of nitrogens with two attached hydrogens (primary N) is 1. The van der Waals surface area contributed by atoms with Crippen LogP contribution in [-0.4, -0.2) is 33.3 Å². The molecular formula is C17H17ClFNO4S. The molecule has 0 fully saturated rings. The first-order chi connectivity index (χ1) is 11.8. The summed E-state index contributed by atoms with van der Waals surface area (Å²) in [6.07, 6.45) is 0. The normalized spacial score (nSPS) is 13.9. The molecule has 0 amide bonds. The van der Waals surface area contributed by atoms with Crippen molar-refractivity contribution in [1.82, 2.24) is 0 Å². The zero-order valence-electron chi connectivity index (χ0n) is 13.4. The lowest BCUT2D eigenvalue weighted by atomic mass is 9.93. The first-order valence-corrected chi connectivity index (χ1v) is 9.35. The van der Waals surface area contributed by atoms with Gasteiger partial charge in [0.1, 0.15) is 5.82 Å². The van der Waals surface area contributed by atoms with E-state index >= 15 is 0 Å². The Morgan fingerprint density at radius 2 is 1.88 bits per heavy atom. The second-order valence-electron chi connectivity index (χ2n) is 5.43. The van der Waals surface area contributed by atoms with E-state index in [0.29, 0.717) is 5.56 Å². The monoisotopic (exact) mass is 385 g/mol. The summed E-state index contributed by atoms with van der Waals surface area (Å²) in [5.74, 6) is -2.83. The van der Waals surface area contributed by atoms with Crippen molar-refractivity contribution < 1.29 is 22.3 Å². The van der Waals surface area contributed by atoms with Crippen LogP contribution < -0.4 is 5.73 Å². The summed E-state index contributed by atoms with van der Waals surface area (Å²) < 4.78 is 43.1. The minimum Gasteiger partial charge on any atom is -0.469 e. The smallest absolute Gasteiger partial charge is 0.314 e. The number of hydrogen-bond donors (Lipinski definition) is 1. The van der Waals surface area contributed by atoms with Gasteiger partial charge in [0.15, 0.2) is 9.84 Å². The lowest BCUT2D eigenvalue weighted by Gasteiger charge is -2.22. The highest BCUT2D eigenvalue weighted by molar-refractivity contribution is 7.91. The molecule has 0 heterocycles. The van der Waals surface area contributed by atoms with Gasteiger partial charge in [-0.1, -0.05) is 41.9 Å². The van der Waals surface area contributed by atoms with Gasteiger partial charge < -0.3 is 10.5 Å². The molecule has 0 radical (unpaired) electrons. The molecule has 0 spiro atoms. The third-order valence-corrected chi connectivity index (χ3v) is 5.79. The highest BCUT2D eigenvalue weighted by atomic mass is 35.5. The molecule has 134 valence electrons. The van der Waals surface area contributed by atoms with Crippen LogP contribution in [0.4, 0.5) is 4.39 Å². The van der Waals surface area contributed by atoms with Gasteiger partial charge in [-0.05, 0) is 23.8 Å². The van der Waals surface area contributed by atoms with Crippen LogP contribution in [0.3, 0.4) is 0 Å². The average Bonchev–Trinajstić information content (AvgIpc) is 2.57. The SMILES string of the molecule is COC(=O)C(c1ccccc1)C(N)CS(=O)(=O)c1ccc(F)c(Cl)c1. The van der Waals surface area contributed by atoms with E-state index in [4.69, 9.17) is 22.1 Å². The molecule has 2 unspecified atom stereocenters. The average molecular weight is 386 g/mol. The van der Waals surface area contributed by atoms with Crippen LogP contribution in [0.5, 0.6) is 0 Å².